The monoisotopic (exact) mass is 308 g/mol. The SMILES string of the molecule is Fc1ccc(F)c([C@@H](CCC(F)(F)F)N2CCNCC2)c1. The molecule has 0 aliphatic carbocycles. The molecule has 0 spiro atoms. The van der Waals surface area contributed by atoms with Gasteiger partial charge >= 0.3 is 6.18 Å². The largest absolute Gasteiger partial charge is 0.389 e. The molecule has 0 bridgehead atoms. The van der Waals surface area contributed by atoms with E-state index < -0.39 is 30.3 Å². The predicted molar refractivity (Wildman–Crippen MR) is 68.8 cm³/mol. The molecular formula is C14H17F5N2. The number of alkyl halides is 3. The Bertz CT molecular complexity index is 469. The highest BCUT2D eigenvalue weighted by Gasteiger charge is 2.32. The highest BCUT2D eigenvalue weighted by Crippen LogP contribution is 2.33. The van der Waals surface area contributed by atoms with Gasteiger partial charge in [0.05, 0.1) is 0 Å². The van der Waals surface area contributed by atoms with Gasteiger partial charge in [-0.3, -0.25) is 4.90 Å². The Balaban J connectivity index is 2.23. The molecule has 1 heterocycles. The van der Waals surface area contributed by atoms with Crippen molar-refractivity contribution in [3.05, 3.63) is 35.4 Å². The summed E-state index contributed by atoms with van der Waals surface area (Å²) in [5, 5.41) is 3.09. The molecule has 21 heavy (non-hydrogen) atoms. The minimum Gasteiger partial charge on any atom is -0.314 e. The van der Waals surface area contributed by atoms with Crippen LogP contribution in [0.1, 0.15) is 24.4 Å². The number of nitrogens with one attached hydrogen (secondary N) is 1. The lowest BCUT2D eigenvalue weighted by molar-refractivity contribution is -0.138. The Morgan fingerprint density at radius 2 is 1.81 bits per heavy atom. The molecular weight excluding hydrogens is 291 g/mol. The van der Waals surface area contributed by atoms with Crippen molar-refractivity contribution in [1.29, 1.82) is 0 Å². The van der Waals surface area contributed by atoms with Gasteiger partial charge in [0.25, 0.3) is 0 Å². The van der Waals surface area contributed by atoms with Crippen molar-refractivity contribution in [2.24, 2.45) is 0 Å². The summed E-state index contributed by atoms with van der Waals surface area (Å²) in [6, 6.07) is 2.17. The third kappa shape index (κ3) is 4.64. The number of nitrogens with zero attached hydrogens (tertiary/aromatic N) is 1. The maximum atomic E-state index is 13.9. The first kappa shape index (κ1) is 16.2. The third-order valence-corrected chi connectivity index (χ3v) is 3.61. The number of hydrogen-bond donors (Lipinski definition) is 1. The zero-order valence-electron chi connectivity index (χ0n) is 11.4. The molecule has 0 unspecified atom stereocenters. The molecule has 1 aliphatic rings. The molecule has 118 valence electrons. The van der Waals surface area contributed by atoms with Gasteiger partial charge in [-0.15, -0.1) is 0 Å². The van der Waals surface area contributed by atoms with Crippen LogP contribution < -0.4 is 5.32 Å². The zero-order chi connectivity index (χ0) is 15.5. The summed E-state index contributed by atoms with van der Waals surface area (Å²) in [6.07, 6.45) is -5.60. The predicted octanol–water partition coefficient (Wildman–Crippen LogP) is 3.25. The van der Waals surface area contributed by atoms with E-state index in [1.165, 1.54) is 0 Å². The fourth-order valence-corrected chi connectivity index (χ4v) is 2.60. The van der Waals surface area contributed by atoms with Gasteiger partial charge in [-0.25, -0.2) is 8.78 Å². The smallest absolute Gasteiger partial charge is 0.314 e. The fraction of sp³-hybridized carbons (Fsp3) is 0.571. The highest BCUT2D eigenvalue weighted by molar-refractivity contribution is 5.22. The molecule has 1 saturated heterocycles. The van der Waals surface area contributed by atoms with Gasteiger partial charge in [0.2, 0.25) is 0 Å². The first-order valence-corrected chi connectivity index (χ1v) is 6.83. The summed E-state index contributed by atoms with van der Waals surface area (Å²) < 4.78 is 64.7. The van der Waals surface area contributed by atoms with Crippen molar-refractivity contribution in [3.8, 4) is 0 Å². The van der Waals surface area contributed by atoms with Crippen molar-refractivity contribution in [1.82, 2.24) is 10.2 Å². The van der Waals surface area contributed by atoms with Gasteiger partial charge in [0.1, 0.15) is 11.6 Å². The lowest BCUT2D eigenvalue weighted by Crippen LogP contribution is -2.45. The lowest BCUT2D eigenvalue weighted by atomic mass is 9.98. The second-order valence-corrected chi connectivity index (χ2v) is 5.12. The van der Waals surface area contributed by atoms with E-state index in [-0.39, 0.29) is 12.0 Å². The van der Waals surface area contributed by atoms with Crippen LogP contribution in [0.15, 0.2) is 18.2 Å². The quantitative estimate of drug-likeness (QED) is 0.859. The second-order valence-electron chi connectivity index (χ2n) is 5.12. The maximum absolute atomic E-state index is 13.9. The van der Waals surface area contributed by atoms with Crippen molar-refractivity contribution in [2.45, 2.75) is 25.1 Å². The topological polar surface area (TPSA) is 15.3 Å². The van der Waals surface area contributed by atoms with Crippen LogP contribution in [-0.4, -0.2) is 37.3 Å². The van der Waals surface area contributed by atoms with E-state index in [4.69, 9.17) is 0 Å². The first-order chi connectivity index (χ1) is 9.87. The maximum Gasteiger partial charge on any atom is 0.389 e. The Labute approximate surface area is 119 Å². The van der Waals surface area contributed by atoms with Gasteiger partial charge in [0.15, 0.2) is 0 Å². The van der Waals surface area contributed by atoms with Gasteiger partial charge in [0, 0.05) is 44.2 Å². The van der Waals surface area contributed by atoms with Crippen LogP contribution in [0.25, 0.3) is 0 Å². The molecule has 0 radical (unpaired) electrons. The van der Waals surface area contributed by atoms with Crippen LogP contribution in [-0.2, 0) is 0 Å². The highest BCUT2D eigenvalue weighted by atomic mass is 19.4. The molecule has 1 aliphatic heterocycles. The summed E-state index contributed by atoms with van der Waals surface area (Å²) in [7, 11) is 0. The van der Waals surface area contributed by atoms with Crippen molar-refractivity contribution >= 4 is 0 Å². The van der Waals surface area contributed by atoms with Crippen molar-refractivity contribution in [2.75, 3.05) is 26.2 Å². The van der Waals surface area contributed by atoms with E-state index in [0.717, 1.165) is 18.2 Å². The van der Waals surface area contributed by atoms with Crippen LogP contribution in [0.5, 0.6) is 0 Å². The van der Waals surface area contributed by atoms with E-state index >= 15 is 0 Å². The van der Waals surface area contributed by atoms with E-state index in [1.54, 1.807) is 4.90 Å². The molecule has 1 atom stereocenters. The molecule has 0 amide bonds. The molecule has 1 N–H and O–H groups in total. The van der Waals surface area contributed by atoms with Gasteiger partial charge in [-0.1, -0.05) is 0 Å². The van der Waals surface area contributed by atoms with Crippen LogP contribution in [0.2, 0.25) is 0 Å². The summed E-state index contributed by atoms with van der Waals surface area (Å²) in [4.78, 5) is 1.78. The Kier molecular flexibility index (Phi) is 5.16. The fourth-order valence-electron chi connectivity index (χ4n) is 2.60. The van der Waals surface area contributed by atoms with Crippen LogP contribution in [0, 0.1) is 11.6 Å². The average Bonchev–Trinajstić information content (AvgIpc) is 2.43. The second kappa shape index (κ2) is 6.70. The van der Waals surface area contributed by atoms with E-state index in [1.807, 2.05) is 0 Å². The van der Waals surface area contributed by atoms with Crippen LogP contribution in [0.3, 0.4) is 0 Å². The Hall–Kier alpha value is -1.21. The summed E-state index contributed by atoms with van der Waals surface area (Å²) in [5.41, 5.74) is 0.00106. The minimum absolute atomic E-state index is 0.00106. The number of halogens is 5. The number of rotatable bonds is 4. The molecule has 0 aromatic heterocycles. The number of benzene rings is 1. The molecule has 2 nitrogen and oxygen atoms in total. The average molecular weight is 308 g/mol. The first-order valence-electron chi connectivity index (χ1n) is 6.83. The molecule has 7 heteroatoms. The van der Waals surface area contributed by atoms with Gasteiger partial charge in [-0.05, 0) is 24.6 Å². The third-order valence-electron chi connectivity index (χ3n) is 3.61. The van der Waals surface area contributed by atoms with E-state index in [2.05, 4.69) is 5.32 Å². The van der Waals surface area contributed by atoms with Crippen molar-refractivity contribution in [3.63, 3.8) is 0 Å². The number of hydrogen-bond acceptors (Lipinski definition) is 2. The lowest BCUT2D eigenvalue weighted by Gasteiger charge is -2.35. The Morgan fingerprint density at radius 3 is 2.43 bits per heavy atom. The molecule has 1 fully saturated rings. The zero-order valence-corrected chi connectivity index (χ0v) is 11.4. The van der Waals surface area contributed by atoms with Crippen LogP contribution in [0.4, 0.5) is 22.0 Å². The Morgan fingerprint density at radius 1 is 1.14 bits per heavy atom. The van der Waals surface area contributed by atoms with E-state index in [9.17, 15) is 22.0 Å². The summed E-state index contributed by atoms with van der Waals surface area (Å²) in [5.74, 6) is -1.30. The molecule has 2 rings (SSSR count). The summed E-state index contributed by atoms with van der Waals surface area (Å²) in [6.45, 7) is 2.27. The molecule has 1 aromatic carbocycles. The molecule has 0 saturated carbocycles. The summed E-state index contributed by atoms with van der Waals surface area (Å²) >= 11 is 0. The normalized spacial score (nSPS) is 18.7. The van der Waals surface area contributed by atoms with E-state index in [0.29, 0.717) is 26.2 Å². The van der Waals surface area contributed by atoms with Crippen LogP contribution >= 0.6 is 0 Å². The number of piperazine rings is 1. The minimum atomic E-state index is -4.31. The van der Waals surface area contributed by atoms with Gasteiger partial charge < -0.3 is 5.32 Å². The molecule has 1 aromatic rings. The van der Waals surface area contributed by atoms with Gasteiger partial charge in [-0.2, -0.15) is 13.2 Å². The standard InChI is InChI=1S/C14H17F5N2/c15-10-1-2-12(16)11(9-10)13(3-4-14(17,18)19)21-7-5-20-6-8-21/h1-2,9,13,20H,3-8H2/t13-/m1/s1. The van der Waals surface area contributed by atoms with Crippen molar-refractivity contribution < 1.29 is 22.0 Å².